The molecule has 0 saturated carbocycles. The van der Waals surface area contributed by atoms with E-state index in [1.807, 2.05) is 56.3 Å². The minimum Gasteiger partial charge on any atom is -0.321 e. The molecule has 6 heteroatoms. The summed E-state index contributed by atoms with van der Waals surface area (Å²) in [4.78, 5) is 30.3. The van der Waals surface area contributed by atoms with Crippen molar-refractivity contribution in [3.05, 3.63) is 111 Å². The van der Waals surface area contributed by atoms with E-state index in [4.69, 9.17) is 0 Å². The maximum atomic E-state index is 14.1. The molecule has 0 fully saturated rings. The summed E-state index contributed by atoms with van der Waals surface area (Å²) >= 11 is 0. The van der Waals surface area contributed by atoms with Crippen LogP contribution in [0.4, 0.5) is 14.9 Å². The predicted molar refractivity (Wildman–Crippen MR) is 125 cm³/mol. The van der Waals surface area contributed by atoms with Crippen molar-refractivity contribution in [2.45, 2.75) is 26.9 Å². The van der Waals surface area contributed by atoms with Crippen LogP contribution in [0.3, 0.4) is 0 Å². The number of aryl methyl sites for hydroxylation is 2. The van der Waals surface area contributed by atoms with E-state index in [1.54, 1.807) is 18.2 Å². The maximum Gasteiger partial charge on any atom is 0.322 e. The molecule has 1 heterocycles. The zero-order chi connectivity index (χ0) is 22.7. The minimum atomic E-state index is -0.518. The van der Waals surface area contributed by atoms with Crippen LogP contribution in [-0.4, -0.2) is 15.9 Å². The largest absolute Gasteiger partial charge is 0.322 e. The van der Waals surface area contributed by atoms with Crippen molar-refractivity contribution in [3.8, 4) is 0 Å². The third-order valence-electron chi connectivity index (χ3n) is 5.42. The molecular formula is C26H24FN3O2. The fourth-order valence-corrected chi connectivity index (χ4v) is 3.62. The number of anilines is 1. The Balaban J connectivity index is 1.67. The number of H-pyrrole nitrogens is 1. The number of fused-ring (bicyclic) bond motifs is 1. The van der Waals surface area contributed by atoms with Crippen LogP contribution in [0.2, 0.25) is 0 Å². The number of benzene rings is 3. The number of rotatable bonds is 5. The van der Waals surface area contributed by atoms with Gasteiger partial charge in [-0.3, -0.25) is 4.79 Å². The summed E-state index contributed by atoms with van der Waals surface area (Å²) in [7, 11) is 0. The summed E-state index contributed by atoms with van der Waals surface area (Å²) in [5.74, 6) is -0.518. The summed E-state index contributed by atoms with van der Waals surface area (Å²) in [6.07, 6.45) is 0. The quantitative estimate of drug-likeness (QED) is 0.439. The van der Waals surface area contributed by atoms with E-state index in [2.05, 4.69) is 10.3 Å². The number of aromatic nitrogens is 1. The Hall–Kier alpha value is -3.93. The number of aromatic amines is 1. The molecule has 4 rings (SSSR count). The van der Waals surface area contributed by atoms with E-state index in [1.165, 1.54) is 17.0 Å². The lowest BCUT2D eigenvalue weighted by Crippen LogP contribution is -2.36. The molecule has 0 saturated heterocycles. The third-order valence-corrected chi connectivity index (χ3v) is 5.42. The second kappa shape index (κ2) is 9.06. The Labute approximate surface area is 185 Å². The number of urea groups is 1. The van der Waals surface area contributed by atoms with Crippen LogP contribution in [0.1, 0.15) is 22.3 Å². The third kappa shape index (κ3) is 4.70. The molecule has 162 valence electrons. The van der Waals surface area contributed by atoms with Gasteiger partial charge in [0.2, 0.25) is 0 Å². The molecule has 0 unspecified atom stereocenters. The number of nitrogens with zero attached hydrogens (tertiary/aromatic N) is 1. The van der Waals surface area contributed by atoms with Gasteiger partial charge in [0, 0.05) is 12.1 Å². The van der Waals surface area contributed by atoms with E-state index >= 15 is 0 Å². The van der Waals surface area contributed by atoms with Crippen molar-refractivity contribution >= 4 is 22.6 Å². The number of nitrogens with one attached hydrogen (secondary N) is 2. The average Bonchev–Trinajstić information content (AvgIpc) is 2.77. The lowest BCUT2D eigenvalue weighted by atomic mass is 10.1. The molecule has 0 radical (unpaired) electrons. The Morgan fingerprint density at radius 3 is 2.47 bits per heavy atom. The van der Waals surface area contributed by atoms with Gasteiger partial charge < -0.3 is 15.2 Å². The Morgan fingerprint density at radius 2 is 1.72 bits per heavy atom. The van der Waals surface area contributed by atoms with Crippen LogP contribution < -0.4 is 10.9 Å². The molecule has 0 bridgehead atoms. The van der Waals surface area contributed by atoms with Crippen molar-refractivity contribution < 1.29 is 9.18 Å². The monoisotopic (exact) mass is 429 g/mol. The molecule has 1 aromatic heterocycles. The smallest absolute Gasteiger partial charge is 0.321 e. The zero-order valence-corrected chi connectivity index (χ0v) is 18.0. The van der Waals surface area contributed by atoms with Gasteiger partial charge in [0.05, 0.1) is 17.7 Å². The van der Waals surface area contributed by atoms with Crippen LogP contribution in [-0.2, 0) is 13.1 Å². The van der Waals surface area contributed by atoms with Crippen molar-refractivity contribution in [3.63, 3.8) is 0 Å². The van der Waals surface area contributed by atoms with Gasteiger partial charge in [0.25, 0.3) is 5.56 Å². The number of pyridine rings is 1. The summed E-state index contributed by atoms with van der Waals surface area (Å²) in [5, 5.41) is 3.52. The number of amides is 2. The highest BCUT2D eigenvalue weighted by atomic mass is 19.1. The molecule has 2 amide bonds. The van der Waals surface area contributed by atoms with Crippen molar-refractivity contribution in [1.82, 2.24) is 9.88 Å². The normalized spacial score (nSPS) is 10.8. The minimum absolute atomic E-state index is 0.0768. The Kier molecular flexibility index (Phi) is 6.03. The van der Waals surface area contributed by atoms with Gasteiger partial charge in [-0.05, 0) is 48.6 Å². The second-order valence-corrected chi connectivity index (χ2v) is 7.91. The Bertz CT molecular complexity index is 1330. The molecule has 4 aromatic rings. The molecule has 0 aliphatic rings. The van der Waals surface area contributed by atoms with Crippen molar-refractivity contribution in [2.75, 3.05) is 5.32 Å². The lowest BCUT2D eigenvalue weighted by molar-refractivity contribution is 0.206. The first-order valence-electron chi connectivity index (χ1n) is 10.4. The van der Waals surface area contributed by atoms with Gasteiger partial charge in [-0.15, -0.1) is 0 Å². The van der Waals surface area contributed by atoms with Crippen molar-refractivity contribution in [1.29, 1.82) is 0 Å². The average molecular weight is 429 g/mol. The number of hydrogen-bond acceptors (Lipinski definition) is 2. The van der Waals surface area contributed by atoms with E-state index in [0.717, 1.165) is 27.6 Å². The van der Waals surface area contributed by atoms with Crippen molar-refractivity contribution in [2.24, 2.45) is 0 Å². The number of carbonyl (C=O) groups excluding carboxylic acids is 1. The van der Waals surface area contributed by atoms with Crippen LogP contribution in [0.15, 0.2) is 77.6 Å². The molecule has 3 aromatic carbocycles. The van der Waals surface area contributed by atoms with E-state index in [0.29, 0.717) is 5.56 Å². The maximum absolute atomic E-state index is 14.1. The van der Waals surface area contributed by atoms with Gasteiger partial charge >= 0.3 is 6.03 Å². The van der Waals surface area contributed by atoms with Crippen LogP contribution in [0.5, 0.6) is 0 Å². The van der Waals surface area contributed by atoms with Gasteiger partial charge in [0.1, 0.15) is 5.82 Å². The lowest BCUT2D eigenvalue weighted by Gasteiger charge is -2.23. The first kappa shape index (κ1) is 21.3. The summed E-state index contributed by atoms with van der Waals surface area (Å²) < 4.78 is 14.1. The number of para-hydroxylation sites is 2. The van der Waals surface area contributed by atoms with Gasteiger partial charge in [-0.25, -0.2) is 9.18 Å². The highest BCUT2D eigenvalue weighted by molar-refractivity contribution is 5.89. The van der Waals surface area contributed by atoms with Gasteiger partial charge in [-0.2, -0.15) is 0 Å². The molecule has 0 spiro atoms. The van der Waals surface area contributed by atoms with Crippen LogP contribution in [0.25, 0.3) is 10.9 Å². The molecule has 0 aliphatic heterocycles. The molecule has 0 atom stereocenters. The fourth-order valence-electron chi connectivity index (χ4n) is 3.62. The molecule has 5 nitrogen and oxygen atoms in total. The number of halogens is 1. The van der Waals surface area contributed by atoms with E-state index in [-0.39, 0.29) is 24.3 Å². The van der Waals surface area contributed by atoms with E-state index < -0.39 is 11.8 Å². The van der Waals surface area contributed by atoms with E-state index in [9.17, 15) is 14.0 Å². The van der Waals surface area contributed by atoms with Gasteiger partial charge in [-0.1, -0.05) is 60.2 Å². The first-order chi connectivity index (χ1) is 15.4. The summed E-state index contributed by atoms with van der Waals surface area (Å²) in [6.45, 7) is 4.27. The predicted octanol–water partition coefficient (Wildman–Crippen LogP) is 5.52. The highest BCUT2D eigenvalue weighted by Crippen LogP contribution is 2.18. The molecular weight excluding hydrogens is 405 g/mol. The molecule has 32 heavy (non-hydrogen) atoms. The SMILES string of the molecule is Cc1ccc(CN(Cc2cc3cccc(C)c3[nH]c2=O)C(=O)Nc2ccccc2F)cc1. The topological polar surface area (TPSA) is 65.2 Å². The Morgan fingerprint density at radius 1 is 0.969 bits per heavy atom. The zero-order valence-electron chi connectivity index (χ0n) is 18.0. The number of hydrogen-bond donors (Lipinski definition) is 2. The highest BCUT2D eigenvalue weighted by Gasteiger charge is 2.18. The molecule has 0 aliphatic carbocycles. The fraction of sp³-hybridized carbons (Fsp3) is 0.154. The van der Waals surface area contributed by atoms with Crippen LogP contribution >= 0.6 is 0 Å². The number of carbonyl (C=O) groups is 1. The van der Waals surface area contributed by atoms with Gasteiger partial charge in [0.15, 0.2) is 0 Å². The summed E-state index contributed by atoms with van der Waals surface area (Å²) in [6, 6.07) is 20.9. The standard InChI is InChI=1S/C26H24FN3O2/c1-17-10-12-19(13-11-17)15-30(26(32)28-23-9-4-3-8-22(23)27)16-21-14-20-7-5-6-18(2)24(20)29-25(21)31/h3-14H,15-16H2,1-2H3,(H,28,32)(H,29,31). The second-order valence-electron chi connectivity index (χ2n) is 7.91. The molecule has 2 N–H and O–H groups in total. The first-order valence-corrected chi connectivity index (χ1v) is 10.4. The van der Waals surface area contributed by atoms with Crippen LogP contribution in [0, 0.1) is 19.7 Å². The summed E-state index contributed by atoms with van der Waals surface area (Å²) in [5.41, 5.74) is 4.07.